The van der Waals surface area contributed by atoms with Gasteiger partial charge in [0.1, 0.15) is 5.82 Å². The fourth-order valence-electron chi connectivity index (χ4n) is 1.92. The molecule has 0 heterocycles. The van der Waals surface area contributed by atoms with Crippen molar-refractivity contribution in [2.24, 2.45) is 0 Å². The average Bonchev–Trinajstić information content (AvgIpc) is 2.47. The van der Waals surface area contributed by atoms with Crippen molar-refractivity contribution in [2.45, 2.75) is 12.3 Å². The Hall–Kier alpha value is -2.74. The van der Waals surface area contributed by atoms with E-state index < -0.39 is 10.8 Å². The van der Waals surface area contributed by atoms with Crippen LogP contribution in [0.5, 0.6) is 0 Å². The second-order valence-electron chi connectivity index (χ2n) is 4.36. The lowest BCUT2D eigenvalue weighted by Gasteiger charge is -2.09. The minimum Gasteiger partial charge on any atom is -0.258 e. The molecule has 0 bridgehead atoms. The van der Waals surface area contributed by atoms with E-state index in [1.807, 2.05) is 0 Å². The maximum absolute atomic E-state index is 12.8. The molecule has 1 unspecified atom stereocenters. The van der Waals surface area contributed by atoms with Crippen LogP contribution in [0.15, 0.2) is 48.5 Å². The number of nitriles is 1. The molecule has 0 aliphatic heterocycles. The molecule has 0 aliphatic rings. The Labute approximate surface area is 115 Å². The standard InChI is InChI=1S/C15H11FN2O2/c16-14-5-1-11(2-6-14)9-13(10-17)12-3-7-15(8-4-12)18(19)20/h1-8,13H,9H2. The Morgan fingerprint density at radius 3 is 2.25 bits per heavy atom. The van der Waals surface area contributed by atoms with E-state index in [1.165, 1.54) is 24.3 Å². The van der Waals surface area contributed by atoms with E-state index in [-0.39, 0.29) is 11.5 Å². The van der Waals surface area contributed by atoms with Crippen molar-refractivity contribution in [2.75, 3.05) is 0 Å². The van der Waals surface area contributed by atoms with Crippen LogP contribution in [0, 0.1) is 27.3 Å². The fourth-order valence-corrected chi connectivity index (χ4v) is 1.92. The summed E-state index contributed by atoms with van der Waals surface area (Å²) in [6.07, 6.45) is 0.439. The summed E-state index contributed by atoms with van der Waals surface area (Å²) in [6.45, 7) is 0. The van der Waals surface area contributed by atoms with Gasteiger partial charge in [0.2, 0.25) is 0 Å². The van der Waals surface area contributed by atoms with E-state index in [2.05, 4.69) is 6.07 Å². The van der Waals surface area contributed by atoms with Gasteiger partial charge in [-0.2, -0.15) is 5.26 Å². The molecular weight excluding hydrogens is 259 g/mol. The SMILES string of the molecule is N#CC(Cc1ccc(F)cc1)c1ccc([N+](=O)[O-])cc1. The molecule has 2 rings (SSSR count). The number of nitrogens with zero attached hydrogens (tertiary/aromatic N) is 2. The summed E-state index contributed by atoms with van der Waals surface area (Å²) in [5, 5.41) is 19.8. The predicted molar refractivity (Wildman–Crippen MR) is 71.6 cm³/mol. The van der Waals surface area contributed by atoms with Gasteiger partial charge in [0.25, 0.3) is 5.69 Å². The van der Waals surface area contributed by atoms with Gasteiger partial charge in [-0.3, -0.25) is 10.1 Å². The Balaban J connectivity index is 2.18. The number of hydrogen-bond acceptors (Lipinski definition) is 3. The molecular formula is C15H11FN2O2. The number of non-ortho nitro benzene ring substituents is 1. The molecule has 0 aromatic heterocycles. The number of nitro groups is 1. The maximum atomic E-state index is 12.8. The fraction of sp³-hybridized carbons (Fsp3) is 0.133. The maximum Gasteiger partial charge on any atom is 0.269 e. The molecule has 2 aromatic carbocycles. The van der Waals surface area contributed by atoms with Crippen LogP contribution in [0.2, 0.25) is 0 Å². The molecule has 5 heteroatoms. The molecule has 0 aliphatic carbocycles. The van der Waals surface area contributed by atoms with Crippen molar-refractivity contribution in [1.82, 2.24) is 0 Å². The molecule has 20 heavy (non-hydrogen) atoms. The highest BCUT2D eigenvalue weighted by molar-refractivity contribution is 5.37. The van der Waals surface area contributed by atoms with Crippen molar-refractivity contribution in [1.29, 1.82) is 5.26 Å². The Kier molecular flexibility index (Phi) is 4.06. The number of hydrogen-bond donors (Lipinski definition) is 0. The van der Waals surface area contributed by atoms with Gasteiger partial charge in [-0.1, -0.05) is 24.3 Å². The molecule has 4 nitrogen and oxygen atoms in total. The summed E-state index contributed by atoms with van der Waals surface area (Å²) >= 11 is 0. The highest BCUT2D eigenvalue weighted by atomic mass is 19.1. The van der Waals surface area contributed by atoms with Gasteiger partial charge in [-0.25, -0.2) is 4.39 Å². The highest BCUT2D eigenvalue weighted by Crippen LogP contribution is 2.23. The van der Waals surface area contributed by atoms with Crippen LogP contribution >= 0.6 is 0 Å². The number of benzene rings is 2. The molecule has 100 valence electrons. The van der Waals surface area contributed by atoms with Crippen molar-refractivity contribution in [3.8, 4) is 6.07 Å². The number of halogens is 1. The van der Waals surface area contributed by atoms with Crippen LogP contribution < -0.4 is 0 Å². The van der Waals surface area contributed by atoms with Crippen molar-refractivity contribution in [3.63, 3.8) is 0 Å². The smallest absolute Gasteiger partial charge is 0.258 e. The zero-order valence-electron chi connectivity index (χ0n) is 10.5. The minimum absolute atomic E-state index is 0.00720. The molecule has 0 fully saturated rings. The first-order chi connectivity index (χ1) is 9.60. The normalized spacial score (nSPS) is 11.6. The largest absolute Gasteiger partial charge is 0.269 e. The predicted octanol–water partition coefficient (Wildman–Crippen LogP) is 3.58. The number of rotatable bonds is 4. The second-order valence-corrected chi connectivity index (χ2v) is 4.36. The first kappa shape index (κ1) is 13.7. The topological polar surface area (TPSA) is 66.9 Å². The van der Waals surface area contributed by atoms with Crippen LogP contribution in [0.4, 0.5) is 10.1 Å². The summed E-state index contributed by atoms with van der Waals surface area (Å²) in [6, 6.07) is 14.0. The molecule has 1 atom stereocenters. The van der Waals surface area contributed by atoms with E-state index in [0.717, 1.165) is 5.56 Å². The van der Waals surface area contributed by atoms with Gasteiger partial charge in [0.05, 0.1) is 16.9 Å². The highest BCUT2D eigenvalue weighted by Gasteiger charge is 2.13. The van der Waals surface area contributed by atoms with E-state index in [0.29, 0.717) is 12.0 Å². The van der Waals surface area contributed by atoms with Crippen LogP contribution in [0.1, 0.15) is 17.0 Å². The Morgan fingerprint density at radius 1 is 1.15 bits per heavy atom. The molecule has 2 aromatic rings. The second kappa shape index (κ2) is 5.93. The van der Waals surface area contributed by atoms with Gasteiger partial charge in [0, 0.05) is 12.1 Å². The Morgan fingerprint density at radius 2 is 1.75 bits per heavy atom. The van der Waals surface area contributed by atoms with E-state index in [4.69, 9.17) is 0 Å². The summed E-state index contributed by atoms with van der Waals surface area (Å²) in [7, 11) is 0. The first-order valence-electron chi connectivity index (χ1n) is 5.98. The first-order valence-corrected chi connectivity index (χ1v) is 5.98. The third kappa shape index (κ3) is 3.18. The van der Waals surface area contributed by atoms with Crippen LogP contribution in [-0.4, -0.2) is 4.92 Å². The molecule has 0 radical (unpaired) electrons. The molecule has 0 N–H and O–H groups in total. The van der Waals surface area contributed by atoms with Crippen LogP contribution in [0.25, 0.3) is 0 Å². The zero-order valence-corrected chi connectivity index (χ0v) is 10.5. The van der Waals surface area contributed by atoms with Crippen LogP contribution in [-0.2, 0) is 6.42 Å². The van der Waals surface area contributed by atoms with Crippen molar-refractivity contribution < 1.29 is 9.31 Å². The van der Waals surface area contributed by atoms with Gasteiger partial charge in [-0.15, -0.1) is 0 Å². The molecule has 0 saturated heterocycles. The quantitative estimate of drug-likeness (QED) is 0.630. The van der Waals surface area contributed by atoms with Gasteiger partial charge in [-0.05, 0) is 29.7 Å². The lowest BCUT2D eigenvalue weighted by Crippen LogP contribution is -2.01. The average molecular weight is 270 g/mol. The summed E-state index contributed by atoms with van der Waals surface area (Å²) in [5.41, 5.74) is 1.55. The van der Waals surface area contributed by atoms with Crippen molar-refractivity contribution in [3.05, 3.63) is 75.6 Å². The summed E-state index contributed by atoms with van der Waals surface area (Å²) in [5.74, 6) is -0.737. The van der Waals surface area contributed by atoms with Gasteiger partial charge in [0.15, 0.2) is 0 Å². The van der Waals surface area contributed by atoms with Crippen molar-refractivity contribution >= 4 is 5.69 Å². The summed E-state index contributed by atoms with van der Waals surface area (Å²) in [4.78, 5) is 10.1. The third-order valence-corrected chi connectivity index (χ3v) is 3.02. The van der Waals surface area contributed by atoms with Gasteiger partial charge < -0.3 is 0 Å². The van der Waals surface area contributed by atoms with E-state index >= 15 is 0 Å². The monoisotopic (exact) mass is 270 g/mol. The van der Waals surface area contributed by atoms with E-state index in [1.54, 1.807) is 24.3 Å². The lowest BCUT2D eigenvalue weighted by atomic mass is 9.93. The summed E-state index contributed by atoms with van der Waals surface area (Å²) < 4.78 is 12.8. The number of nitro benzene ring substituents is 1. The Bertz CT molecular complexity index is 645. The van der Waals surface area contributed by atoms with Gasteiger partial charge >= 0.3 is 0 Å². The minimum atomic E-state index is -0.481. The molecule has 0 saturated carbocycles. The third-order valence-electron chi connectivity index (χ3n) is 3.02. The molecule has 0 amide bonds. The van der Waals surface area contributed by atoms with Crippen LogP contribution in [0.3, 0.4) is 0 Å². The zero-order chi connectivity index (χ0) is 14.5. The van der Waals surface area contributed by atoms with E-state index in [9.17, 15) is 19.8 Å². The molecule has 0 spiro atoms. The lowest BCUT2D eigenvalue weighted by molar-refractivity contribution is -0.384.